The molecule has 2 aromatic heterocycles. The molecule has 2 unspecified atom stereocenters. The summed E-state index contributed by atoms with van der Waals surface area (Å²) in [6, 6.07) is 17.8. The molecule has 9 rings (SSSR count). The first-order valence-electron chi connectivity index (χ1n) is 24.0. The van der Waals surface area contributed by atoms with E-state index in [-0.39, 0.29) is 60.9 Å². The van der Waals surface area contributed by atoms with Gasteiger partial charge in [0.25, 0.3) is 17.7 Å². The third-order valence-corrected chi connectivity index (χ3v) is 15.1. The number of alkyl halides is 2. The second kappa shape index (κ2) is 19.9. The fourth-order valence-electron chi connectivity index (χ4n) is 10.6. The third-order valence-electron chi connectivity index (χ3n) is 14.2. The lowest BCUT2D eigenvalue weighted by Crippen LogP contribution is -2.52. The number of sulfone groups is 1. The number of piperidine rings is 2. The molecular weight excluding hydrogens is 939 g/mol. The van der Waals surface area contributed by atoms with Crippen LogP contribution in [-0.4, -0.2) is 139 Å². The minimum Gasteiger partial charge on any atom is -0.493 e. The first kappa shape index (κ1) is 49.3. The Kier molecular flexibility index (Phi) is 13.8. The second-order valence-electron chi connectivity index (χ2n) is 18.7. The molecule has 0 aliphatic carbocycles. The molecule has 4 aliphatic heterocycles. The number of urea groups is 1. The molecule has 3 aromatic carbocycles. The van der Waals surface area contributed by atoms with Crippen LogP contribution >= 0.6 is 0 Å². The molecule has 376 valence electrons. The van der Waals surface area contributed by atoms with E-state index < -0.39 is 45.3 Å². The van der Waals surface area contributed by atoms with Crippen LogP contribution in [0, 0.1) is 11.8 Å². The van der Waals surface area contributed by atoms with Crippen LogP contribution in [0.5, 0.6) is 23.0 Å². The maximum atomic E-state index is 16.1. The van der Waals surface area contributed by atoms with Gasteiger partial charge < -0.3 is 19.1 Å². The number of aryl methyl sites for hydroxylation is 1. The highest BCUT2D eigenvalue weighted by molar-refractivity contribution is 7.90. The molecule has 0 N–H and O–H groups in total. The Morgan fingerprint density at radius 1 is 0.859 bits per heavy atom. The van der Waals surface area contributed by atoms with E-state index in [9.17, 15) is 27.6 Å². The van der Waals surface area contributed by atoms with Crippen LogP contribution in [0.1, 0.15) is 77.4 Å². The number of pyridine rings is 1. The van der Waals surface area contributed by atoms with Crippen LogP contribution in [0.3, 0.4) is 0 Å². The van der Waals surface area contributed by atoms with E-state index in [1.807, 2.05) is 52.3 Å². The molecule has 6 heterocycles. The molecule has 0 radical (unpaired) electrons. The zero-order valence-electron chi connectivity index (χ0n) is 40.5. The molecule has 20 heteroatoms. The molecule has 4 aliphatic rings. The monoisotopic (exact) mass is 996 g/mol. The lowest BCUT2D eigenvalue weighted by Gasteiger charge is -2.44. The number of hydrogen-bond donors (Lipinski definition) is 0. The number of hydrogen-bond acceptors (Lipinski definition) is 13. The predicted octanol–water partition coefficient (Wildman–Crippen LogP) is 7.14. The average molecular weight is 997 g/mol. The first-order chi connectivity index (χ1) is 34.0. The summed E-state index contributed by atoms with van der Waals surface area (Å²) < 4.78 is 76.7. The van der Waals surface area contributed by atoms with E-state index >= 15 is 8.78 Å². The van der Waals surface area contributed by atoms with Crippen molar-refractivity contribution in [1.29, 1.82) is 0 Å². The summed E-state index contributed by atoms with van der Waals surface area (Å²) in [7, 11) is -0.448. The number of anilines is 2. The molecule has 3 saturated heterocycles. The van der Waals surface area contributed by atoms with Gasteiger partial charge in [0.05, 0.1) is 48.7 Å². The normalized spacial score (nSPS) is 19.5. The van der Waals surface area contributed by atoms with Gasteiger partial charge in [0.2, 0.25) is 5.91 Å². The topological polar surface area (TPSA) is 177 Å². The van der Waals surface area contributed by atoms with Crippen molar-refractivity contribution in [3.8, 4) is 23.0 Å². The quantitative estimate of drug-likeness (QED) is 0.0913. The Balaban J connectivity index is 0.792. The van der Waals surface area contributed by atoms with E-state index in [2.05, 4.69) is 10.1 Å². The maximum absolute atomic E-state index is 16.1. The lowest BCUT2D eigenvalue weighted by atomic mass is 9.76. The number of aromatic nitrogens is 3. The van der Waals surface area contributed by atoms with Crippen LogP contribution < -0.4 is 24.0 Å². The Morgan fingerprint density at radius 2 is 1.61 bits per heavy atom. The van der Waals surface area contributed by atoms with Crippen LogP contribution in [0.15, 0.2) is 72.9 Å². The summed E-state index contributed by atoms with van der Waals surface area (Å²) in [5, 5.41) is 5.36. The van der Waals surface area contributed by atoms with Gasteiger partial charge in [0, 0.05) is 76.0 Å². The van der Waals surface area contributed by atoms with Crippen LogP contribution in [0.2, 0.25) is 0 Å². The molecule has 0 saturated carbocycles. The first-order valence-corrected chi connectivity index (χ1v) is 26.1. The Morgan fingerprint density at radius 3 is 2.30 bits per heavy atom. The number of likely N-dealkylation sites (tertiary alicyclic amines) is 1. The zero-order valence-corrected chi connectivity index (χ0v) is 41.3. The fourth-order valence-corrected chi connectivity index (χ4v) is 11.5. The van der Waals surface area contributed by atoms with Gasteiger partial charge in [0.15, 0.2) is 17.3 Å². The number of ether oxygens (including phenoxy) is 3. The zero-order chi connectivity index (χ0) is 50.4. The summed E-state index contributed by atoms with van der Waals surface area (Å²) in [4.78, 5) is 65.7. The molecule has 5 amide bonds. The molecule has 2 atom stereocenters. The van der Waals surface area contributed by atoms with E-state index in [0.717, 1.165) is 27.6 Å². The SMILES string of the molecule is CCOc1cc(C(CS(C)(=O)=O)N2C(=O)c3ccnc(N4CCC(C5CCN(CCc6ccc(Oc7ccc8c(N9CCC(=O)N(CC)C9=O)nn(C)c8c7)cc6)CC5(F)F)CC4)c3C2=O)ccc1OC. The standard InChI is InChI=1S/C51H58F2N8O9S/c1-6-59-44(62)21-27-60(50(59)65)46-37-14-13-36(29-40(37)56(3)55-46)70-35-11-8-32(9-12-35)17-23-57-24-20-39(51(52,53)31-57)33-18-25-58(26-19-33)47-45-38(16-22-54-47)48(63)61(49(45)64)41(30-71(5,66)67)34-10-15-42(68-4)43(28-34)69-7-2/h8-16,22,28-29,33,39,41H,6-7,17-21,23-27,30-31H2,1-5H3. The Bertz CT molecular complexity index is 2980. The van der Waals surface area contributed by atoms with Gasteiger partial charge in [-0.3, -0.25) is 38.7 Å². The van der Waals surface area contributed by atoms with E-state index in [1.165, 1.54) is 29.2 Å². The number of carbonyl (C=O) groups excluding carboxylic acids is 4. The molecule has 5 aromatic rings. The fraction of sp³-hybridized carbons (Fsp3) is 0.451. The Labute approximate surface area is 411 Å². The van der Waals surface area contributed by atoms with Gasteiger partial charge in [-0.15, -0.1) is 0 Å². The van der Waals surface area contributed by atoms with Crippen molar-refractivity contribution in [3.63, 3.8) is 0 Å². The Hall–Kier alpha value is -6.67. The summed E-state index contributed by atoms with van der Waals surface area (Å²) >= 11 is 0. The highest BCUT2D eigenvalue weighted by Gasteiger charge is 2.49. The van der Waals surface area contributed by atoms with Gasteiger partial charge in [-0.25, -0.2) is 27.0 Å². The van der Waals surface area contributed by atoms with Crippen LogP contribution in [0.25, 0.3) is 10.9 Å². The maximum Gasteiger partial charge on any atom is 0.332 e. The molecular formula is C51H58F2N8O9S. The van der Waals surface area contributed by atoms with Crippen molar-refractivity contribution < 1.29 is 50.6 Å². The number of methoxy groups -OCH3 is 1. The van der Waals surface area contributed by atoms with Crippen molar-refractivity contribution in [2.24, 2.45) is 18.9 Å². The summed E-state index contributed by atoms with van der Waals surface area (Å²) in [5.41, 5.74) is 2.30. The lowest BCUT2D eigenvalue weighted by molar-refractivity contribution is -0.131. The summed E-state index contributed by atoms with van der Waals surface area (Å²) in [6.07, 6.45) is 4.54. The van der Waals surface area contributed by atoms with Crippen molar-refractivity contribution in [1.82, 2.24) is 29.5 Å². The van der Waals surface area contributed by atoms with Crippen LogP contribution in [0.4, 0.5) is 25.2 Å². The third kappa shape index (κ3) is 9.87. The highest BCUT2D eigenvalue weighted by atomic mass is 32.2. The van der Waals surface area contributed by atoms with Gasteiger partial charge in [-0.05, 0) is 106 Å². The summed E-state index contributed by atoms with van der Waals surface area (Å²) in [5.74, 6) is -3.32. The molecule has 0 bridgehead atoms. The van der Waals surface area contributed by atoms with Crippen molar-refractivity contribution in [2.75, 3.05) is 81.3 Å². The van der Waals surface area contributed by atoms with Gasteiger partial charge >= 0.3 is 6.03 Å². The number of halogens is 2. The number of nitrogens with zero attached hydrogens (tertiary/aromatic N) is 8. The predicted molar refractivity (Wildman–Crippen MR) is 261 cm³/mol. The minimum atomic E-state index is -3.71. The van der Waals surface area contributed by atoms with Gasteiger partial charge in [-0.1, -0.05) is 18.2 Å². The number of rotatable bonds is 16. The molecule has 3 fully saturated rings. The summed E-state index contributed by atoms with van der Waals surface area (Å²) in [6.45, 7) is 5.78. The van der Waals surface area contributed by atoms with E-state index in [4.69, 9.17) is 14.2 Å². The van der Waals surface area contributed by atoms with Crippen molar-refractivity contribution in [3.05, 3.63) is 95.2 Å². The molecule has 71 heavy (non-hydrogen) atoms. The number of fused-ring (bicyclic) bond motifs is 2. The van der Waals surface area contributed by atoms with Gasteiger partial charge in [0.1, 0.15) is 27.2 Å². The van der Waals surface area contributed by atoms with Crippen molar-refractivity contribution >= 4 is 56.1 Å². The largest absolute Gasteiger partial charge is 0.493 e. The highest BCUT2D eigenvalue weighted by Crippen LogP contribution is 2.44. The van der Waals surface area contributed by atoms with E-state index in [0.29, 0.717) is 92.8 Å². The number of amides is 5. The minimum absolute atomic E-state index is 0.0733. The molecule has 0 spiro atoms. The second-order valence-corrected chi connectivity index (χ2v) is 20.9. The van der Waals surface area contributed by atoms with Crippen molar-refractivity contribution in [2.45, 2.75) is 57.9 Å². The van der Waals surface area contributed by atoms with Crippen LogP contribution in [-0.2, 0) is 28.1 Å². The average Bonchev–Trinajstić information content (AvgIpc) is 3.80. The molecule has 17 nitrogen and oxygen atoms in total. The number of benzene rings is 3. The van der Waals surface area contributed by atoms with E-state index in [1.54, 1.807) is 43.8 Å². The number of imide groups is 2. The smallest absolute Gasteiger partial charge is 0.332 e. The number of carbonyl (C=O) groups is 4. The van der Waals surface area contributed by atoms with Gasteiger partial charge in [-0.2, -0.15) is 5.10 Å².